The monoisotopic (exact) mass is 341 g/mol. The molecule has 5 heteroatoms. The van der Waals surface area contributed by atoms with E-state index in [9.17, 15) is 0 Å². The number of hydrogen-bond donors (Lipinski definition) is 0. The van der Waals surface area contributed by atoms with Crippen molar-refractivity contribution in [2.75, 3.05) is 20.2 Å². The molecular formula is C20H27N3O2. The van der Waals surface area contributed by atoms with Crippen molar-refractivity contribution in [3.63, 3.8) is 0 Å². The van der Waals surface area contributed by atoms with E-state index in [0.29, 0.717) is 6.01 Å². The van der Waals surface area contributed by atoms with Crippen LogP contribution in [0.1, 0.15) is 38.0 Å². The lowest BCUT2D eigenvalue weighted by atomic mass is 9.87. The minimum Gasteiger partial charge on any atom is -0.467 e. The molecule has 1 aliphatic rings. The Balaban J connectivity index is 1.77. The first-order valence-electron chi connectivity index (χ1n) is 8.73. The summed E-state index contributed by atoms with van der Waals surface area (Å²) in [5, 5.41) is 0. The predicted octanol–water partition coefficient (Wildman–Crippen LogP) is 3.47. The molecule has 0 saturated carbocycles. The zero-order chi connectivity index (χ0) is 17.9. The molecule has 1 aromatic carbocycles. The Morgan fingerprint density at radius 1 is 1.12 bits per heavy atom. The van der Waals surface area contributed by atoms with Gasteiger partial charge in [-0.25, -0.2) is 9.97 Å². The SMILES string of the molecule is COc1ncc(CN2C[C@@H](c3ccccc3)O[C@@H](C(C)(C)C)C2)cn1. The van der Waals surface area contributed by atoms with Crippen LogP contribution >= 0.6 is 0 Å². The highest BCUT2D eigenvalue weighted by atomic mass is 16.5. The van der Waals surface area contributed by atoms with E-state index in [4.69, 9.17) is 9.47 Å². The second-order valence-electron chi connectivity index (χ2n) is 7.66. The van der Waals surface area contributed by atoms with E-state index in [2.05, 4.69) is 59.9 Å². The van der Waals surface area contributed by atoms with Crippen LogP contribution in [0.5, 0.6) is 6.01 Å². The zero-order valence-electron chi connectivity index (χ0n) is 15.5. The Hall–Kier alpha value is -1.98. The Morgan fingerprint density at radius 3 is 2.40 bits per heavy atom. The fourth-order valence-corrected chi connectivity index (χ4v) is 3.07. The lowest BCUT2D eigenvalue weighted by molar-refractivity contribution is -0.131. The van der Waals surface area contributed by atoms with Gasteiger partial charge in [-0.1, -0.05) is 51.1 Å². The van der Waals surface area contributed by atoms with E-state index in [1.54, 1.807) is 7.11 Å². The number of methoxy groups -OCH3 is 1. The van der Waals surface area contributed by atoms with E-state index in [0.717, 1.165) is 25.2 Å². The summed E-state index contributed by atoms with van der Waals surface area (Å²) in [6.45, 7) is 9.28. The summed E-state index contributed by atoms with van der Waals surface area (Å²) in [5.74, 6) is 0. The van der Waals surface area contributed by atoms with Gasteiger partial charge in [-0.2, -0.15) is 0 Å². The van der Waals surface area contributed by atoms with Crippen molar-refractivity contribution in [1.82, 2.24) is 14.9 Å². The lowest BCUT2D eigenvalue weighted by Gasteiger charge is -2.43. The van der Waals surface area contributed by atoms with E-state index >= 15 is 0 Å². The lowest BCUT2D eigenvalue weighted by Crippen LogP contribution is -2.48. The third-order valence-corrected chi connectivity index (χ3v) is 4.58. The van der Waals surface area contributed by atoms with Crippen LogP contribution in [-0.4, -0.2) is 41.2 Å². The maximum absolute atomic E-state index is 6.45. The van der Waals surface area contributed by atoms with E-state index in [1.165, 1.54) is 5.56 Å². The van der Waals surface area contributed by atoms with Crippen molar-refractivity contribution >= 4 is 0 Å². The van der Waals surface area contributed by atoms with Gasteiger partial charge in [0, 0.05) is 37.6 Å². The minimum atomic E-state index is 0.0818. The third kappa shape index (κ3) is 4.55. The van der Waals surface area contributed by atoms with Gasteiger partial charge < -0.3 is 9.47 Å². The Bertz CT molecular complexity index is 668. The summed E-state index contributed by atoms with van der Waals surface area (Å²) in [7, 11) is 1.58. The highest BCUT2D eigenvalue weighted by molar-refractivity contribution is 5.19. The van der Waals surface area contributed by atoms with Crippen LogP contribution in [0.3, 0.4) is 0 Å². The van der Waals surface area contributed by atoms with Gasteiger partial charge in [0.05, 0.1) is 19.3 Å². The number of nitrogens with zero attached hydrogens (tertiary/aromatic N) is 3. The number of rotatable bonds is 4. The molecule has 2 heterocycles. The summed E-state index contributed by atoms with van der Waals surface area (Å²) < 4.78 is 11.5. The van der Waals surface area contributed by atoms with Gasteiger partial charge >= 0.3 is 6.01 Å². The summed E-state index contributed by atoms with van der Waals surface area (Å²) in [6.07, 6.45) is 3.93. The zero-order valence-corrected chi connectivity index (χ0v) is 15.5. The molecule has 1 aliphatic heterocycles. The standard InChI is InChI=1S/C20H27N3O2/c1-20(2,3)18-14-23(12-15-10-21-19(24-4)22-11-15)13-17(25-18)16-8-6-5-7-9-16/h5-11,17-18H,12-14H2,1-4H3/t17-,18+/m0/s1. The highest BCUT2D eigenvalue weighted by Crippen LogP contribution is 2.33. The molecule has 0 bridgehead atoms. The molecular weight excluding hydrogens is 314 g/mol. The Morgan fingerprint density at radius 2 is 1.80 bits per heavy atom. The predicted molar refractivity (Wildman–Crippen MR) is 97.4 cm³/mol. The summed E-state index contributed by atoms with van der Waals surface area (Å²) in [6, 6.07) is 10.9. The van der Waals surface area contributed by atoms with Crippen molar-refractivity contribution in [1.29, 1.82) is 0 Å². The maximum Gasteiger partial charge on any atom is 0.316 e. The fourth-order valence-electron chi connectivity index (χ4n) is 3.07. The van der Waals surface area contributed by atoms with Crippen LogP contribution in [0.2, 0.25) is 0 Å². The summed E-state index contributed by atoms with van der Waals surface area (Å²) in [4.78, 5) is 10.9. The van der Waals surface area contributed by atoms with E-state index in [1.807, 2.05) is 18.5 Å². The van der Waals surface area contributed by atoms with Crippen molar-refractivity contribution in [2.45, 2.75) is 39.5 Å². The van der Waals surface area contributed by atoms with Crippen molar-refractivity contribution in [3.05, 3.63) is 53.9 Å². The van der Waals surface area contributed by atoms with Crippen LogP contribution in [-0.2, 0) is 11.3 Å². The first kappa shape index (κ1) is 17.8. The Kier molecular flexibility index (Phi) is 5.35. The molecule has 134 valence electrons. The van der Waals surface area contributed by atoms with Crippen molar-refractivity contribution < 1.29 is 9.47 Å². The number of aromatic nitrogens is 2. The molecule has 1 aromatic heterocycles. The molecule has 2 atom stereocenters. The maximum atomic E-state index is 6.45. The fraction of sp³-hybridized carbons (Fsp3) is 0.500. The first-order chi connectivity index (χ1) is 12.0. The van der Waals surface area contributed by atoms with Crippen molar-refractivity contribution in [3.8, 4) is 6.01 Å². The van der Waals surface area contributed by atoms with E-state index in [-0.39, 0.29) is 17.6 Å². The van der Waals surface area contributed by atoms with Crippen LogP contribution in [0.25, 0.3) is 0 Å². The number of benzene rings is 1. The van der Waals surface area contributed by atoms with Crippen LogP contribution in [0, 0.1) is 5.41 Å². The van der Waals surface area contributed by atoms with Gasteiger partial charge in [0.1, 0.15) is 0 Å². The molecule has 0 radical (unpaired) electrons. The molecule has 0 unspecified atom stereocenters. The van der Waals surface area contributed by atoms with E-state index < -0.39 is 0 Å². The Labute approximate surface area is 150 Å². The number of hydrogen-bond acceptors (Lipinski definition) is 5. The third-order valence-electron chi connectivity index (χ3n) is 4.58. The largest absolute Gasteiger partial charge is 0.467 e. The molecule has 0 N–H and O–H groups in total. The second kappa shape index (κ2) is 7.50. The first-order valence-corrected chi connectivity index (χ1v) is 8.73. The van der Waals surface area contributed by atoms with Crippen molar-refractivity contribution in [2.24, 2.45) is 5.41 Å². The van der Waals surface area contributed by atoms with Crippen LogP contribution in [0.4, 0.5) is 0 Å². The molecule has 0 amide bonds. The molecule has 0 aliphatic carbocycles. The molecule has 3 rings (SSSR count). The average molecular weight is 341 g/mol. The molecule has 0 spiro atoms. The molecule has 2 aromatic rings. The van der Waals surface area contributed by atoms with Gasteiger partial charge in [0.2, 0.25) is 0 Å². The molecule has 25 heavy (non-hydrogen) atoms. The van der Waals surface area contributed by atoms with Gasteiger partial charge in [-0.15, -0.1) is 0 Å². The van der Waals surface area contributed by atoms with Crippen LogP contribution < -0.4 is 4.74 Å². The second-order valence-corrected chi connectivity index (χ2v) is 7.66. The topological polar surface area (TPSA) is 47.5 Å². The highest BCUT2D eigenvalue weighted by Gasteiger charge is 2.35. The molecule has 1 saturated heterocycles. The number of morpholine rings is 1. The summed E-state index contributed by atoms with van der Waals surface area (Å²) in [5.41, 5.74) is 2.40. The molecule has 5 nitrogen and oxygen atoms in total. The quantitative estimate of drug-likeness (QED) is 0.852. The van der Waals surface area contributed by atoms with Gasteiger partial charge in [-0.3, -0.25) is 4.90 Å². The molecule has 1 fully saturated rings. The summed E-state index contributed by atoms with van der Waals surface area (Å²) >= 11 is 0. The normalized spacial score (nSPS) is 21.9. The van der Waals surface area contributed by atoms with Crippen LogP contribution in [0.15, 0.2) is 42.7 Å². The van der Waals surface area contributed by atoms with Gasteiger partial charge in [0.15, 0.2) is 0 Å². The average Bonchev–Trinajstić information content (AvgIpc) is 2.62. The number of ether oxygens (including phenoxy) is 2. The van der Waals surface area contributed by atoms with Gasteiger partial charge in [-0.05, 0) is 11.0 Å². The van der Waals surface area contributed by atoms with Gasteiger partial charge in [0.25, 0.3) is 0 Å². The smallest absolute Gasteiger partial charge is 0.316 e. The minimum absolute atomic E-state index is 0.0818.